The summed E-state index contributed by atoms with van der Waals surface area (Å²) < 4.78 is 5.61. The molecule has 0 amide bonds. The van der Waals surface area contributed by atoms with Crippen LogP contribution < -0.4 is 5.73 Å². The minimum Gasteiger partial charge on any atom is -0.380 e. The summed E-state index contributed by atoms with van der Waals surface area (Å²) in [6.07, 6.45) is 5.20. The zero-order valence-corrected chi connectivity index (χ0v) is 11.9. The molecule has 3 atom stereocenters. The van der Waals surface area contributed by atoms with Gasteiger partial charge in [-0.2, -0.15) is 0 Å². The van der Waals surface area contributed by atoms with Crippen molar-refractivity contribution in [2.24, 2.45) is 11.8 Å². The van der Waals surface area contributed by atoms with Gasteiger partial charge in [-0.3, -0.25) is 0 Å². The minimum absolute atomic E-state index is 0.455. The Hall–Kier alpha value is -1.48. The average molecular weight is 289 g/mol. The van der Waals surface area contributed by atoms with Crippen molar-refractivity contribution in [1.82, 2.24) is 5.16 Å². The van der Waals surface area contributed by atoms with E-state index in [4.69, 9.17) is 21.9 Å². The van der Waals surface area contributed by atoms with Gasteiger partial charge in [0.2, 0.25) is 0 Å². The van der Waals surface area contributed by atoms with Gasteiger partial charge in [-0.05, 0) is 37.2 Å². The summed E-state index contributed by atoms with van der Waals surface area (Å²) in [5.41, 5.74) is 7.89. The molecule has 2 aromatic rings. The number of aromatic nitrogens is 1. The van der Waals surface area contributed by atoms with Crippen molar-refractivity contribution in [3.63, 3.8) is 0 Å². The Morgan fingerprint density at radius 2 is 2.05 bits per heavy atom. The van der Waals surface area contributed by atoms with Crippen molar-refractivity contribution in [2.75, 3.05) is 5.73 Å². The van der Waals surface area contributed by atoms with Crippen molar-refractivity contribution in [3.8, 4) is 11.1 Å². The predicted molar refractivity (Wildman–Crippen MR) is 79.6 cm³/mol. The largest absolute Gasteiger partial charge is 0.380 e. The zero-order valence-electron chi connectivity index (χ0n) is 11.2. The van der Waals surface area contributed by atoms with E-state index >= 15 is 0 Å². The van der Waals surface area contributed by atoms with E-state index in [1.165, 1.54) is 25.7 Å². The van der Waals surface area contributed by atoms with Gasteiger partial charge in [-0.25, -0.2) is 0 Å². The molecule has 1 aromatic carbocycles. The highest BCUT2D eigenvalue weighted by molar-refractivity contribution is 6.33. The van der Waals surface area contributed by atoms with Gasteiger partial charge in [-0.1, -0.05) is 41.4 Å². The van der Waals surface area contributed by atoms with Crippen molar-refractivity contribution in [3.05, 3.63) is 35.0 Å². The van der Waals surface area contributed by atoms with Gasteiger partial charge in [0.15, 0.2) is 5.82 Å². The highest BCUT2D eigenvalue weighted by atomic mass is 35.5. The lowest BCUT2D eigenvalue weighted by Gasteiger charge is -2.20. The maximum absolute atomic E-state index is 6.32. The van der Waals surface area contributed by atoms with Gasteiger partial charge in [0, 0.05) is 16.5 Å². The van der Waals surface area contributed by atoms with Crippen LogP contribution in [-0.2, 0) is 0 Å². The van der Waals surface area contributed by atoms with Crippen LogP contribution in [0.15, 0.2) is 28.8 Å². The SMILES string of the molecule is Nc1noc(C2CC3CCC2C3)c1-c1ccccc1Cl. The Bertz CT molecular complexity index is 652. The average Bonchev–Trinajstić information content (AvgIpc) is 3.14. The number of rotatable bonds is 2. The zero-order chi connectivity index (χ0) is 13.7. The van der Waals surface area contributed by atoms with Crippen LogP contribution in [0.4, 0.5) is 5.82 Å². The first-order valence-corrected chi connectivity index (χ1v) is 7.61. The van der Waals surface area contributed by atoms with Crippen LogP contribution in [0, 0.1) is 11.8 Å². The summed E-state index contributed by atoms with van der Waals surface area (Å²) in [4.78, 5) is 0. The molecule has 0 aliphatic heterocycles. The van der Waals surface area contributed by atoms with Gasteiger partial charge in [-0.15, -0.1) is 0 Å². The van der Waals surface area contributed by atoms with E-state index in [0.717, 1.165) is 28.7 Å². The fraction of sp³-hybridized carbons (Fsp3) is 0.438. The van der Waals surface area contributed by atoms with Crippen molar-refractivity contribution in [2.45, 2.75) is 31.6 Å². The molecule has 1 heterocycles. The first-order chi connectivity index (χ1) is 9.74. The quantitative estimate of drug-likeness (QED) is 0.886. The molecule has 2 aliphatic carbocycles. The van der Waals surface area contributed by atoms with Crippen LogP contribution in [-0.4, -0.2) is 5.16 Å². The molecule has 2 fully saturated rings. The predicted octanol–water partition coefficient (Wildman–Crippen LogP) is 4.48. The summed E-state index contributed by atoms with van der Waals surface area (Å²) in [6.45, 7) is 0. The molecule has 104 valence electrons. The van der Waals surface area contributed by atoms with Gasteiger partial charge in [0.05, 0.1) is 5.56 Å². The van der Waals surface area contributed by atoms with Crippen LogP contribution >= 0.6 is 11.6 Å². The molecule has 20 heavy (non-hydrogen) atoms. The number of benzene rings is 1. The first kappa shape index (κ1) is 12.3. The highest BCUT2D eigenvalue weighted by Crippen LogP contribution is 2.55. The third kappa shape index (κ3) is 1.76. The molecule has 0 saturated heterocycles. The fourth-order valence-corrected chi connectivity index (χ4v) is 4.30. The molecule has 4 heteroatoms. The Morgan fingerprint density at radius 1 is 1.20 bits per heavy atom. The number of nitrogens with zero attached hydrogens (tertiary/aromatic N) is 1. The fourth-order valence-electron chi connectivity index (χ4n) is 4.07. The lowest BCUT2D eigenvalue weighted by Crippen LogP contribution is -2.08. The monoisotopic (exact) mass is 288 g/mol. The molecule has 0 radical (unpaired) electrons. The number of halogens is 1. The molecule has 2 bridgehead atoms. The first-order valence-electron chi connectivity index (χ1n) is 7.24. The lowest BCUT2D eigenvalue weighted by atomic mass is 9.84. The lowest BCUT2D eigenvalue weighted by molar-refractivity contribution is 0.312. The molecule has 4 rings (SSSR count). The topological polar surface area (TPSA) is 52.0 Å². The third-order valence-corrected chi connectivity index (χ3v) is 5.29. The Morgan fingerprint density at radius 3 is 2.75 bits per heavy atom. The molecule has 2 N–H and O–H groups in total. The molecule has 3 nitrogen and oxygen atoms in total. The number of nitrogen functional groups attached to an aromatic ring is 1. The second-order valence-corrected chi connectivity index (χ2v) is 6.48. The second-order valence-electron chi connectivity index (χ2n) is 6.07. The number of fused-ring (bicyclic) bond motifs is 2. The molecule has 0 spiro atoms. The van der Waals surface area contributed by atoms with Crippen LogP contribution in [0.1, 0.15) is 37.4 Å². The van der Waals surface area contributed by atoms with Gasteiger partial charge < -0.3 is 10.3 Å². The van der Waals surface area contributed by atoms with E-state index in [1.54, 1.807) is 0 Å². The highest BCUT2D eigenvalue weighted by Gasteiger charge is 2.43. The standard InChI is InChI=1S/C16H17ClN2O/c17-13-4-2-1-3-11(13)14-15(20-19-16(14)18)12-8-9-5-6-10(12)7-9/h1-4,9-10,12H,5-8H2,(H2,18,19). The van der Waals surface area contributed by atoms with Crippen molar-refractivity contribution >= 4 is 17.4 Å². The van der Waals surface area contributed by atoms with Gasteiger partial charge in [0.1, 0.15) is 5.76 Å². The second kappa shape index (κ2) is 4.52. The third-order valence-electron chi connectivity index (χ3n) is 4.96. The Balaban J connectivity index is 1.81. The van der Waals surface area contributed by atoms with Crippen molar-refractivity contribution < 1.29 is 4.52 Å². The summed E-state index contributed by atoms with van der Waals surface area (Å²) in [7, 11) is 0. The molecule has 1 aromatic heterocycles. The van der Waals surface area contributed by atoms with E-state index in [9.17, 15) is 0 Å². The molecular weight excluding hydrogens is 272 g/mol. The molecule has 2 aliphatic rings. The maximum atomic E-state index is 6.32. The number of hydrogen-bond donors (Lipinski definition) is 1. The van der Waals surface area contributed by atoms with E-state index in [-0.39, 0.29) is 0 Å². The van der Waals surface area contributed by atoms with Gasteiger partial charge in [0.25, 0.3) is 0 Å². The molecule has 2 saturated carbocycles. The van der Waals surface area contributed by atoms with E-state index < -0.39 is 0 Å². The van der Waals surface area contributed by atoms with E-state index in [0.29, 0.717) is 16.8 Å². The van der Waals surface area contributed by atoms with Crippen LogP contribution in [0.3, 0.4) is 0 Å². The number of anilines is 1. The number of nitrogens with two attached hydrogens (primary N) is 1. The minimum atomic E-state index is 0.455. The Kier molecular flexibility index (Phi) is 2.77. The van der Waals surface area contributed by atoms with E-state index in [2.05, 4.69) is 5.16 Å². The smallest absolute Gasteiger partial charge is 0.175 e. The van der Waals surface area contributed by atoms with Crippen LogP contribution in [0.2, 0.25) is 5.02 Å². The number of hydrogen-bond acceptors (Lipinski definition) is 3. The van der Waals surface area contributed by atoms with Gasteiger partial charge >= 0.3 is 0 Å². The summed E-state index contributed by atoms with van der Waals surface area (Å²) in [5, 5.41) is 4.71. The van der Waals surface area contributed by atoms with Crippen molar-refractivity contribution in [1.29, 1.82) is 0 Å². The maximum Gasteiger partial charge on any atom is 0.175 e. The summed E-state index contributed by atoms with van der Waals surface area (Å²) in [5.74, 6) is 3.45. The summed E-state index contributed by atoms with van der Waals surface area (Å²) in [6, 6.07) is 7.76. The molecular formula is C16H17ClN2O. The van der Waals surface area contributed by atoms with Crippen LogP contribution in [0.25, 0.3) is 11.1 Å². The normalized spacial score (nSPS) is 28.1. The Labute approximate surface area is 123 Å². The van der Waals surface area contributed by atoms with Crippen LogP contribution in [0.5, 0.6) is 0 Å². The molecule has 3 unspecified atom stereocenters. The summed E-state index contributed by atoms with van der Waals surface area (Å²) >= 11 is 6.32. The van der Waals surface area contributed by atoms with E-state index in [1.807, 2.05) is 24.3 Å².